The third kappa shape index (κ3) is 8.15. The molecule has 0 radical (unpaired) electrons. The van der Waals surface area contributed by atoms with Crippen molar-refractivity contribution in [3.8, 4) is 0 Å². The number of hydrogen-bond donors (Lipinski definition) is 5. The number of nitrogens with zero attached hydrogens (tertiary/aromatic N) is 1. The number of esters is 1. The Kier molecular flexibility index (Phi) is 10.6. The molecule has 1 amide bonds. The minimum Gasteiger partial charge on any atom is -0.468 e. The van der Waals surface area contributed by atoms with Crippen molar-refractivity contribution < 1.29 is 34.4 Å². The third-order valence-electron chi connectivity index (χ3n) is 5.54. The van der Waals surface area contributed by atoms with Crippen LogP contribution >= 0.6 is 23.5 Å². The average Bonchev–Trinajstić information content (AvgIpc) is 3.36. The van der Waals surface area contributed by atoms with Crippen molar-refractivity contribution in [2.45, 2.75) is 87.3 Å². The van der Waals surface area contributed by atoms with Crippen LogP contribution in [0.25, 0.3) is 0 Å². The Hall–Kier alpha value is -0.760. The molecule has 2 aliphatic heterocycles. The van der Waals surface area contributed by atoms with E-state index in [0.717, 1.165) is 11.5 Å². The van der Waals surface area contributed by atoms with Crippen molar-refractivity contribution in [3.05, 3.63) is 0 Å². The van der Waals surface area contributed by atoms with Crippen molar-refractivity contribution in [2.75, 3.05) is 31.7 Å². The fourth-order valence-corrected chi connectivity index (χ4v) is 7.26. The molecule has 192 valence electrons. The maximum absolute atomic E-state index is 13.0. The van der Waals surface area contributed by atoms with E-state index in [9.17, 15) is 24.9 Å². The Morgan fingerprint density at radius 2 is 1.85 bits per heavy atom. The van der Waals surface area contributed by atoms with E-state index in [4.69, 9.17) is 4.74 Å². The van der Waals surface area contributed by atoms with Crippen LogP contribution in [-0.4, -0.2) is 104 Å². The number of carbonyl (C=O) groups is 2. The summed E-state index contributed by atoms with van der Waals surface area (Å²) in [5.41, 5.74) is -0.665. The summed E-state index contributed by atoms with van der Waals surface area (Å²) in [5.74, 6) is 1.40. The lowest BCUT2D eigenvalue weighted by Gasteiger charge is -2.35. The van der Waals surface area contributed by atoms with Crippen molar-refractivity contribution >= 4 is 35.6 Å². The number of methoxy groups -OCH3 is 1. The Labute approximate surface area is 204 Å². The quantitative estimate of drug-likeness (QED) is 0.210. The number of amides is 1. The van der Waals surface area contributed by atoms with Gasteiger partial charge in [-0.05, 0) is 33.6 Å². The van der Waals surface area contributed by atoms with Gasteiger partial charge in [0.1, 0.15) is 24.2 Å². The van der Waals surface area contributed by atoms with E-state index in [-0.39, 0.29) is 10.6 Å². The fourth-order valence-electron chi connectivity index (χ4n) is 3.97. The molecule has 0 saturated carbocycles. The molecular formula is C21H39N3O7S2. The standard InChI is InChI=1S/C21H39N3O7S2/c1-6-7-13(16(26)18(28)22-11-15(25)30-5)23-17(27)14-10-21(32-8-9-33-21)12-24(14)19(29)31-20(2,3)4/h13-14,16-18,22-23,26-28H,6-12H2,1-5H3/t13?,14-,16?,17-,18-/m0/s1. The van der Waals surface area contributed by atoms with Gasteiger partial charge in [0, 0.05) is 24.1 Å². The van der Waals surface area contributed by atoms with Crippen LogP contribution in [0.2, 0.25) is 0 Å². The van der Waals surface area contributed by atoms with Gasteiger partial charge in [-0.1, -0.05) is 13.3 Å². The summed E-state index contributed by atoms with van der Waals surface area (Å²) in [4.78, 5) is 25.9. The first kappa shape index (κ1) is 28.5. The molecule has 0 aromatic carbocycles. The molecule has 33 heavy (non-hydrogen) atoms. The molecule has 0 bridgehead atoms. The van der Waals surface area contributed by atoms with Crippen molar-refractivity contribution in [2.24, 2.45) is 0 Å². The molecule has 5 atom stereocenters. The number of hydrogen-bond acceptors (Lipinski definition) is 11. The number of thioether (sulfide) groups is 2. The normalized spacial score (nSPS) is 23.9. The summed E-state index contributed by atoms with van der Waals surface area (Å²) in [6, 6.07) is -1.23. The van der Waals surface area contributed by atoms with Crippen LogP contribution < -0.4 is 10.6 Å². The fraction of sp³-hybridized carbons (Fsp3) is 0.905. The zero-order valence-electron chi connectivity index (χ0n) is 20.1. The molecule has 10 nitrogen and oxygen atoms in total. The lowest BCUT2D eigenvalue weighted by molar-refractivity contribution is -0.141. The van der Waals surface area contributed by atoms with Gasteiger partial charge in [-0.25, -0.2) is 4.79 Å². The first-order valence-corrected chi connectivity index (χ1v) is 13.3. The van der Waals surface area contributed by atoms with E-state index in [0.29, 0.717) is 25.8 Å². The van der Waals surface area contributed by atoms with Gasteiger partial charge in [-0.3, -0.25) is 20.3 Å². The van der Waals surface area contributed by atoms with Gasteiger partial charge in [0.2, 0.25) is 0 Å². The third-order valence-corrected chi connectivity index (χ3v) is 8.97. The monoisotopic (exact) mass is 509 g/mol. The van der Waals surface area contributed by atoms with Crippen molar-refractivity contribution in [1.82, 2.24) is 15.5 Å². The SMILES string of the molecule is CCCC(N[C@@H](O)[C@@H]1CC2(CN1C(=O)OC(C)(C)C)SCCS2)C(O)[C@H](O)NCC(=O)OC. The zero-order valence-corrected chi connectivity index (χ0v) is 21.7. The number of rotatable bonds is 10. The summed E-state index contributed by atoms with van der Waals surface area (Å²) in [5, 5.41) is 37.6. The maximum atomic E-state index is 13.0. The van der Waals surface area contributed by atoms with Gasteiger partial charge < -0.3 is 24.8 Å². The molecule has 0 aromatic rings. The molecule has 2 rings (SSSR count). The van der Waals surface area contributed by atoms with Crippen molar-refractivity contribution in [1.29, 1.82) is 0 Å². The predicted molar refractivity (Wildman–Crippen MR) is 129 cm³/mol. The summed E-state index contributed by atoms with van der Waals surface area (Å²) in [7, 11) is 1.23. The van der Waals surface area contributed by atoms with Crippen LogP contribution in [0.1, 0.15) is 47.0 Å². The molecule has 1 spiro atoms. The van der Waals surface area contributed by atoms with Gasteiger partial charge in [0.05, 0.1) is 23.8 Å². The molecule has 2 fully saturated rings. The van der Waals surface area contributed by atoms with Crippen LogP contribution in [0.3, 0.4) is 0 Å². The van der Waals surface area contributed by atoms with E-state index in [1.54, 1.807) is 49.2 Å². The topological polar surface area (TPSA) is 141 Å². The molecule has 12 heteroatoms. The highest BCUT2D eigenvalue weighted by atomic mass is 32.2. The van der Waals surface area contributed by atoms with E-state index in [1.807, 2.05) is 6.92 Å². The molecule has 0 aromatic heterocycles. The molecule has 2 saturated heterocycles. The van der Waals surface area contributed by atoms with Gasteiger partial charge >= 0.3 is 12.1 Å². The molecule has 2 unspecified atom stereocenters. The smallest absolute Gasteiger partial charge is 0.410 e. The minimum atomic E-state index is -1.40. The Morgan fingerprint density at radius 1 is 1.21 bits per heavy atom. The highest BCUT2D eigenvalue weighted by Gasteiger charge is 2.52. The van der Waals surface area contributed by atoms with Crippen LogP contribution in [0.15, 0.2) is 0 Å². The van der Waals surface area contributed by atoms with Crippen molar-refractivity contribution in [3.63, 3.8) is 0 Å². The highest BCUT2D eigenvalue weighted by molar-refractivity contribution is 8.21. The second-order valence-corrected chi connectivity index (χ2v) is 12.6. The first-order chi connectivity index (χ1) is 15.4. The van der Waals surface area contributed by atoms with Crippen LogP contribution in [0.5, 0.6) is 0 Å². The first-order valence-electron chi connectivity index (χ1n) is 11.3. The Bertz CT molecular complexity index is 658. The summed E-state index contributed by atoms with van der Waals surface area (Å²) in [6.45, 7) is 7.53. The summed E-state index contributed by atoms with van der Waals surface area (Å²) >= 11 is 3.59. The maximum Gasteiger partial charge on any atom is 0.410 e. The van der Waals surface area contributed by atoms with Crippen LogP contribution in [0, 0.1) is 0 Å². The number of nitrogens with one attached hydrogen (secondary N) is 2. The van der Waals surface area contributed by atoms with E-state index in [2.05, 4.69) is 15.4 Å². The number of ether oxygens (including phenoxy) is 2. The Balaban J connectivity index is 2.11. The van der Waals surface area contributed by atoms with E-state index in [1.165, 1.54) is 7.11 Å². The Morgan fingerprint density at radius 3 is 2.39 bits per heavy atom. The second-order valence-electron chi connectivity index (χ2n) is 9.39. The molecule has 5 N–H and O–H groups in total. The lowest BCUT2D eigenvalue weighted by atomic mass is 10.0. The van der Waals surface area contributed by atoms with Gasteiger partial charge in [-0.15, -0.1) is 23.5 Å². The van der Waals surface area contributed by atoms with E-state index < -0.39 is 48.3 Å². The molecule has 2 heterocycles. The molecule has 2 aliphatic rings. The summed E-state index contributed by atoms with van der Waals surface area (Å²) in [6.07, 6.45) is -2.61. The number of carbonyl (C=O) groups excluding carboxylic acids is 2. The van der Waals surface area contributed by atoms with Gasteiger partial charge in [-0.2, -0.15) is 0 Å². The number of likely N-dealkylation sites (tertiary alicyclic amines) is 1. The molecular weight excluding hydrogens is 470 g/mol. The molecule has 0 aliphatic carbocycles. The largest absolute Gasteiger partial charge is 0.468 e. The highest BCUT2D eigenvalue weighted by Crippen LogP contribution is 2.52. The lowest BCUT2D eigenvalue weighted by Crippen LogP contribution is -2.58. The number of aliphatic hydroxyl groups excluding tert-OH is 3. The minimum absolute atomic E-state index is 0.190. The predicted octanol–water partition coefficient (Wildman–Crippen LogP) is 0.691. The van der Waals surface area contributed by atoms with Crippen LogP contribution in [0.4, 0.5) is 4.79 Å². The average molecular weight is 510 g/mol. The van der Waals surface area contributed by atoms with Gasteiger partial charge in [0.15, 0.2) is 0 Å². The zero-order chi connectivity index (χ0) is 24.8. The van der Waals surface area contributed by atoms with Crippen LogP contribution in [-0.2, 0) is 14.3 Å². The second kappa shape index (κ2) is 12.3. The summed E-state index contributed by atoms with van der Waals surface area (Å²) < 4.78 is 9.94. The van der Waals surface area contributed by atoms with Gasteiger partial charge in [0.25, 0.3) is 0 Å². The number of aliphatic hydroxyl groups is 3. The van der Waals surface area contributed by atoms with E-state index >= 15 is 0 Å².